The molecule has 1 aliphatic carbocycles. The highest BCUT2D eigenvalue weighted by molar-refractivity contribution is 5.33. The number of aryl methyl sites for hydroxylation is 1. The highest BCUT2D eigenvalue weighted by atomic mass is 19.1. The van der Waals surface area contributed by atoms with Crippen molar-refractivity contribution in [2.75, 3.05) is 0 Å². The van der Waals surface area contributed by atoms with Crippen molar-refractivity contribution in [3.8, 4) is 5.75 Å². The Hall–Kier alpha value is -1.05. The first-order chi connectivity index (χ1) is 5.75. The molecule has 1 aromatic carbocycles. The lowest BCUT2D eigenvalue weighted by atomic mass is 10.2. The predicted octanol–water partition coefficient (Wildman–Crippen LogP) is 2.68. The first kappa shape index (κ1) is 7.59. The van der Waals surface area contributed by atoms with Crippen molar-refractivity contribution in [1.82, 2.24) is 0 Å². The Morgan fingerprint density at radius 1 is 1.42 bits per heavy atom. The fourth-order valence-corrected chi connectivity index (χ4v) is 1.11. The molecule has 0 bridgehead atoms. The summed E-state index contributed by atoms with van der Waals surface area (Å²) < 4.78 is 18.2. The zero-order chi connectivity index (χ0) is 8.55. The molecule has 0 amide bonds. The molecule has 1 nitrogen and oxygen atoms in total. The molecule has 1 aromatic rings. The lowest BCUT2D eigenvalue weighted by Gasteiger charge is -2.06. The average Bonchev–Trinajstić information content (AvgIpc) is 2.79. The highest BCUT2D eigenvalue weighted by Crippen LogP contribution is 2.28. The number of benzene rings is 1. The van der Waals surface area contributed by atoms with Crippen LogP contribution in [0.15, 0.2) is 18.2 Å². The predicted molar refractivity (Wildman–Crippen MR) is 44.8 cm³/mol. The van der Waals surface area contributed by atoms with Crippen LogP contribution in [0, 0.1) is 12.7 Å². The van der Waals surface area contributed by atoms with Crippen LogP contribution < -0.4 is 4.74 Å². The van der Waals surface area contributed by atoms with Crippen LogP contribution in [-0.2, 0) is 0 Å². The largest absolute Gasteiger partial charge is 0.490 e. The minimum Gasteiger partial charge on any atom is -0.490 e. The second-order valence-corrected chi connectivity index (χ2v) is 3.23. The Morgan fingerprint density at radius 3 is 2.75 bits per heavy atom. The van der Waals surface area contributed by atoms with E-state index in [4.69, 9.17) is 4.74 Å². The molecule has 0 heterocycles. The summed E-state index contributed by atoms with van der Waals surface area (Å²) in [4.78, 5) is 0. The summed E-state index contributed by atoms with van der Waals surface area (Å²) in [7, 11) is 0. The number of ether oxygens (including phenoxy) is 1. The molecule has 0 aliphatic heterocycles. The third kappa shape index (κ3) is 1.58. The van der Waals surface area contributed by atoms with E-state index in [1.54, 1.807) is 6.07 Å². The molecule has 0 spiro atoms. The van der Waals surface area contributed by atoms with E-state index >= 15 is 0 Å². The molecule has 0 unspecified atom stereocenters. The maximum Gasteiger partial charge on any atom is 0.123 e. The van der Waals surface area contributed by atoms with Crippen LogP contribution in [0.2, 0.25) is 0 Å². The second-order valence-electron chi connectivity index (χ2n) is 3.23. The topological polar surface area (TPSA) is 9.23 Å². The summed E-state index contributed by atoms with van der Waals surface area (Å²) in [6.07, 6.45) is 2.65. The summed E-state index contributed by atoms with van der Waals surface area (Å²) in [5.41, 5.74) is 0.877. The van der Waals surface area contributed by atoms with Crippen LogP contribution in [-0.4, -0.2) is 6.10 Å². The highest BCUT2D eigenvalue weighted by Gasteiger charge is 2.23. The van der Waals surface area contributed by atoms with Crippen molar-refractivity contribution < 1.29 is 9.13 Å². The Balaban J connectivity index is 2.18. The van der Waals surface area contributed by atoms with Gasteiger partial charge in [0, 0.05) is 0 Å². The van der Waals surface area contributed by atoms with E-state index in [1.807, 2.05) is 6.92 Å². The van der Waals surface area contributed by atoms with E-state index in [1.165, 1.54) is 12.1 Å². The lowest BCUT2D eigenvalue weighted by Crippen LogP contribution is -1.97. The fraction of sp³-hybridized carbons (Fsp3) is 0.400. The van der Waals surface area contributed by atoms with Crippen LogP contribution in [0.1, 0.15) is 18.4 Å². The van der Waals surface area contributed by atoms with Crippen molar-refractivity contribution in [2.45, 2.75) is 25.9 Å². The summed E-state index contributed by atoms with van der Waals surface area (Å²) in [5, 5.41) is 0. The van der Waals surface area contributed by atoms with Crippen molar-refractivity contribution >= 4 is 0 Å². The molecule has 0 atom stereocenters. The molecule has 1 aliphatic rings. The van der Waals surface area contributed by atoms with Gasteiger partial charge >= 0.3 is 0 Å². The van der Waals surface area contributed by atoms with Crippen LogP contribution >= 0.6 is 0 Å². The lowest BCUT2D eigenvalue weighted by molar-refractivity contribution is 0.300. The normalized spacial score (nSPS) is 16.2. The SMILES string of the molecule is Cc1cc(F)ccc1OC1CC1. The van der Waals surface area contributed by atoms with E-state index in [2.05, 4.69) is 0 Å². The van der Waals surface area contributed by atoms with Crippen LogP contribution in [0.25, 0.3) is 0 Å². The summed E-state index contributed by atoms with van der Waals surface area (Å²) in [5.74, 6) is 0.620. The van der Waals surface area contributed by atoms with Crippen molar-refractivity contribution in [1.29, 1.82) is 0 Å². The summed E-state index contributed by atoms with van der Waals surface area (Å²) in [6, 6.07) is 4.63. The standard InChI is InChI=1S/C10H11FO/c1-7-6-8(11)2-5-10(7)12-9-3-4-9/h2,5-6,9H,3-4H2,1H3. The van der Waals surface area contributed by atoms with Gasteiger partial charge in [-0.2, -0.15) is 0 Å². The number of hydrogen-bond donors (Lipinski definition) is 0. The minimum absolute atomic E-state index is 0.198. The first-order valence-electron chi connectivity index (χ1n) is 4.18. The van der Waals surface area contributed by atoms with Gasteiger partial charge in [0.25, 0.3) is 0 Å². The Morgan fingerprint density at radius 2 is 2.17 bits per heavy atom. The molecule has 0 N–H and O–H groups in total. The third-order valence-electron chi connectivity index (χ3n) is 1.95. The van der Waals surface area contributed by atoms with Gasteiger partial charge < -0.3 is 4.74 Å². The van der Waals surface area contributed by atoms with Gasteiger partial charge in [-0.05, 0) is 43.5 Å². The van der Waals surface area contributed by atoms with Gasteiger partial charge in [-0.25, -0.2) is 4.39 Å². The maximum atomic E-state index is 12.6. The number of rotatable bonds is 2. The van der Waals surface area contributed by atoms with Gasteiger partial charge in [-0.1, -0.05) is 0 Å². The Kier molecular flexibility index (Phi) is 1.75. The zero-order valence-electron chi connectivity index (χ0n) is 7.01. The summed E-state index contributed by atoms with van der Waals surface area (Å²) >= 11 is 0. The first-order valence-corrected chi connectivity index (χ1v) is 4.18. The van der Waals surface area contributed by atoms with Gasteiger partial charge in [-0.15, -0.1) is 0 Å². The van der Waals surface area contributed by atoms with E-state index in [0.717, 1.165) is 24.2 Å². The van der Waals surface area contributed by atoms with Crippen molar-refractivity contribution in [3.05, 3.63) is 29.6 Å². The number of halogens is 1. The van der Waals surface area contributed by atoms with Gasteiger partial charge in [0.2, 0.25) is 0 Å². The summed E-state index contributed by atoms with van der Waals surface area (Å²) in [6.45, 7) is 1.86. The quantitative estimate of drug-likeness (QED) is 0.656. The monoisotopic (exact) mass is 166 g/mol. The molecule has 2 heteroatoms. The van der Waals surface area contributed by atoms with Crippen LogP contribution in [0.3, 0.4) is 0 Å². The molecular weight excluding hydrogens is 155 g/mol. The van der Waals surface area contributed by atoms with E-state index in [9.17, 15) is 4.39 Å². The van der Waals surface area contributed by atoms with Crippen molar-refractivity contribution in [3.63, 3.8) is 0 Å². The average molecular weight is 166 g/mol. The van der Waals surface area contributed by atoms with E-state index in [-0.39, 0.29) is 5.82 Å². The van der Waals surface area contributed by atoms with Crippen LogP contribution in [0.4, 0.5) is 4.39 Å². The number of hydrogen-bond acceptors (Lipinski definition) is 1. The molecule has 2 rings (SSSR count). The Bertz CT molecular complexity index is 292. The van der Waals surface area contributed by atoms with Crippen LogP contribution in [0.5, 0.6) is 5.75 Å². The minimum atomic E-state index is -0.198. The fourth-order valence-electron chi connectivity index (χ4n) is 1.11. The molecule has 0 aromatic heterocycles. The molecule has 64 valence electrons. The van der Waals surface area contributed by atoms with Gasteiger partial charge in [-0.3, -0.25) is 0 Å². The molecule has 0 saturated heterocycles. The molecular formula is C10H11FO. The van der Waals surface area contributed by atoms with Gasteiger partial charge in [0.05, 0.1) is 6.10 Å². The zero-order valence-corrected chi connectivity index (χ0v) is 7.01. The molecule has 0 radical (unpaired) electrons. The molecule has 12 heavy (non-hydrogen) atoms. The molecule has 1 fully saturated rings. The van der Waals surface area contributed by atoms with E-state index in [0.29, 0.717) is 6.10 Å². The second kappa shape index (κ2) is 2.77. The van der Waals surface area contributed by atoms with E-state index < -0.39 is 0 Å². The van der Waals surface area contributed by atoms with Crippen molar-refractivity contribution in [2.24, 2.45) is 0 Å². The maximum absolute atomic E-state index is 12.6. The smallest absolute Gasteiger partial charge is 0.123 e. The third-order valence-corrected chi connectivity index (χ3v) is 1.95. The van der Waals surface area contributed by atoms with Gasteiger partial charge in [0.15, 0.2) is 0 Å². The molecule has 1 saturated carbocycles. The van der Waals surface area contributed by atoms with Gasteiger partial charge in [0.1, 0.15) is 11.6 Å². The Labute approximate surface area is 71.2 Å².